The molecule has 5 nitrogen and oxygen atoms in total. The lowest BCUT2D eigenvalue weighted by atomic mass is 10.0. The fourth-order valence-electron chi connectivity index (χ4n) is 2.33. The van der Waals surface area contributed by atoms with E-state index in [1.54, 1.807) is 0 Å². The van der Waals surface area contributed by atoms with Gasteiger partial charge in [0.05, 0.1) is 17.7 Å². The lowest BCUT2D eigenvalue weighted by molar-refractivity contribution is 0.104. The molecule has 1 heterocycles. The molecule has 0 fully saturated rings. The zero-order valence-corrected chi connectivity index (χ0v) is 16.8. The number of aromatic nitrogens is 1. The molecule has 144 valence electrons. The minimum absolute atomic E-state index is 0. The van der Waals surface area contributed by atoms with E-state index in [0.29, 0.717) is 28.1 Å². The minimum atomic E-state index is -0.319. The summed E-state index contributed by atoms with van der Waals surface area (Å²) < 4.78 is 5.21. The van der Waals surface area contributed by atoms with Crippen LogP contribution in [0.1, 0.15) is 35.3 Å². The number of ketones is 1. The number of phenolic OH excluding ortho intramolecular Hbond substituents is 2. The molecule has 7 heteroatoms. The molecule has 0 amide bonds. The fraction of sp³-hybridized carbons (Fsp3) is 0.200. The van der Waals surface area contributed by atoms with Crippen molar-refractivity contribution in [3.63, 3.8) is 0 Å². The van der Waals surface area contributed by atoms with Crippen LogP contribution >= 0.6 is 24.0 Å². The molecule has 0 aliphatic carbocycles. The summed E-state index contributed by atoms with van der Waals surface area (Å²) in [5.41, 5.74) is 2.06. The number of phenols is 2. The van der Waals surface area contributed by atoms with Crippen molar-refractivity contribution < 1.29 is 19.7 Å². The molecule has 2 aromatic rings. The smallest absolute Gasteiger partial charge is 0.187 e. The number of carbonyl (C=O) groups is 1. The van der Waals surface area contributed by atoms with Gasteiger partial charge >= 0.3 is 0 Å². The van der Waals surface area contributed by atoms with Crippen molar-refractivity contribution in [2.45, 2.75) is 20.3 Å². The number of pyridine rings is 1. The van der Waals surface area contributed by atoms with Crippen LogP contribution in [-0.4, -0.2) is 28.1 Å². The van der Waals surface area contributed by atoms with Crippen molar-refractivity contribution in [3.05, 3.63) is 64.0 Å². The minimum Gasteiger partial charge on any atom is -0.507 e. The molecule has 0 radical (unpaired) electrons. The lowest BCUT2D eigenvalue weighted by Crippen LogP contribution is -1.97. The number of hydrogen-bond acceptors (Lipinski definition) is 5. The number of allylic oxidation sites excluding steroid dienone is 3. The third-order valence-corrected chi connectivity index (χ3v) is 3.92. The standard InChI is InChI=1S/C20H20ClNO4.ClH/c1-12(2)4-5-15-18(24)9-19(26-3)16(20(15)25)6-7-17(23)13-8-14(21)11-22-10-13;/h4,6-11,24-25H,5H2,1-3H3;1H. The van der Waals surface area contributed by atoms with Gasteiger partial charge in [0.15, 0.2) is 5.78 Å². The van der Waals surface area contributed by atoms with E-state index in [1.165, 1.54) is 43.8 Å². The second-order valence-corrected chi connectivity index (χ2v) is 6.35. The SMILES string of the molecule is COc1cc(O)c(CC=C(C)C)c(O)c1C=CC(=O)c1cncc(Cl)c1.Cl. The van der Waals surface area contributed by atoms with E-state index in [9.17, 15) is 15.0 Å². The molecule has 0 aliphatic heterocycles. The van der Waals surface area contributed by atoms with E-state index in [1.807, 2.05) is 19.9 Å². The van der Waals surface area contributed by atoms with Gasteiger partial charge in [-0.2, -0.15) is 0 Å². The van der Waals surface area contributed by atoms with Crippen molar-refractivity contribution in [1.82, 2.24) is 4.98 Å². The van der Waals surface area contributed by atoms with Gasteiger partial charge < -0.3 is 14.9 Å². The molecule has 0 saturated carbocycles. The van der Waals surface area contributed by atoms with E-state index < -0.39 is 0 Å². The van der Waals surface area contributed by atoms with E-state index >= 15 is 0 Å². The van der Waals surface area contributed by atoms with Gasteiger partial charge in [-0.1, -0.05) is 23.3 Å². The van der Waals surface area contributed by atoms with Crippen molar-refractivity contribution in [3.8, 4) is 17.2 Å². The number of halogens is 2. The summed E-state index contributed by atoms with van der Waals surface area (Å²) in [5, 5.41) is 21.1. The van der Waals surface area contributed by atoms with Gasteiger partial charge in [-0.3, -0.25) is 9.78 Å². The molecule has 0 aliphatic rings. The van der Waals surface area contributed by atoms with Gasteiger partial charge in [-0.25, -0.2) is 0 Å². The Bertz CT molecular complexity index is 888. The summed E-state index contributed by atoms with van der Waals surface area (Å²) in [6, 6.07) is 2.92. The van der Waals surface area contributed by atoms with Crippen molar-refractivity contribution in [2.75, 3.05) is 7.11 Å². The number of rotatable bonds is 6. The highest BCUT2D eigenvalue weighted by atomic mass is 35.5. The number of aromatic hydroxyl groups is 2. The van der Waals surface area contributed by atoms with Gasteiger partial charge in [-0.15, -0.1) is 12.4 Å². The Morgan fingerprint density at radius 3 is 2.56 bits per heavy atom. The Morgan fingerprint density at radius 2 is 1.96 bits per heavy atom. The molecule has 1 aromatic carbocycles. The maximum atomic E-state index is 12.3. The summed E-state index contributed by atoms with van der Waals surface area (Å²) in [7, 11) is 1.42. The van der Waals surface area contributed by atoms with Gasteiger partial charge in [0.25, 0.3) is 0 Å². The summed E-state index contributed by atoms with van der Waals surface area (Å²) in [6.07, 6.45) is 7.84. The van der Waals surface area contributed by atoms with Crippen LogP contribution in [0.25, 0.3) is 6.08 Å². The number of carbonyl (C=O) groups excluding carboxylic acids is 1. The van der Waals surface area contributed by atoms with Crippen LogP contribution < -0.4 is 4.74 Å². The first kappa shape index (κ1) is 22.5. The monoisotopic (exact) mass is 409 g/mol. The van der Waals surface area contributed by atoms with Crippen LogP contribution in [0.4, 0.5) is 0 Å². The fourth-order valence-corrected chi connectivity index (χ4v) is 2.50. The molecular weight excluding hydrogens is 389 g/mol. The number of hydrogen-bond donors (Lipinski definition) is 2. The van der Waals surface area contributed by atoms with Gasteiger partial charge in [0, 0.05) is 29.6 Å². The summed E-state index contributed by atoms with van der Waals surface area (Å²) in [5.74, 6) is -0.262. The zero-order chi connectivity index (χ0) is 19.3. The average Bonchev–Trinajstić information content (AvgIpc) is 2.59. The van der Waals surface area contributed by atoms with Crippen LogP contribution in [0.3, 0.4) is 0 Å². The third-order valence-electron chi connectivity index (χ3n) is 3.71. The molecule has 0 saturated heterocycles. The van der Waals surface area contributed by atoms with Crippen LogP contribution in [0.15, 0.2) is 42.3 Å². The van der Waals surface area contributed by atoms with Crippen LogP contribution in [-0.2, 0) is 6.42 Å². The van der Waals surface area contributed by atoms with Crippen LogP contribution in [0.5, 0.6) is 17.2 Å². The molecular formula is C20H21Cl2NO4. The Hall–Kier alpha value is -2.50. The third kappa shape index (κ3) is 5.74. The Labute approximate surface area is 169 Å². The van der Waals surface area contributed by atoms with E-state index in [4.69, 9.17) is 16.3 Å². The maximum Gasteiger partial charge on any atom is 0.187 e. The molecule has 27 heavy (non-hydrogen) atoms. The molecule has 2 rings (SSSR count). The van der Waals surface area contributed by atoms with E-state index in [-0.39, 0.29) is 35.4 Å². The van der Waals surface area contributed by atoms with Gasteiger partial charge in [0.2, 0.25) is 0 Å². The molecule has 1 aromatic heterocycles. The van der Waals surface area contributed by atoms with Gasteiger partial charge in [-0.05, 0) is 38.5 Å². The molecule has 2 N–H and O–H groups in total. The predicted molar refractivity (Wildman–Crippen MR) is 109 cm³/mol. The van der Waals surface area contributed by atoms with Crippen molar-refractivity contribution in [2.24, 2.45) is 0 Å². The Balaban J connectivity index is 0.00000364. The average molecular weight is 410 g/mol. The Kier molecular flexibility index (Phi) is 8.34. The van der Waals surface area contributed by atoms with Crippen molar-refractivity contribution in [1.29, 1.82) is 0 Å². The topological polar surface area (TPSA) is 79.6 Å². The molecule has 0 bridgehead atoms. The molecule has 0 unspecified atom stereocenters. The number of methoxy groups -OCH3 is 1. The van der Waals surface area contributed by atoms with E-state index in [0.717, 1.165) is 5.57 Å². The molecule has 0 atom stereocenters. The summed E-state index contributed by atoms with van der Waals surface area (Å²) >= 11 is 5.85. The quantitative estimate of drug-likeness (QED) is 0.399. The largest absolute Gasteiger partial charge is 0.507 e. The van der Waals surface area contributed by atoms with Crippen molar-refractivity contribution >= 4 is 35.9 Å². The highest BCUT2D eigenvalue weighted by Gasteiger charge is 2.16. The van der Waals surface area contributed by atoms with Crippen LogP contribution in [0, 0.1) is 0 Å². The second kappa shape index (κ2) is 10.00. The number of benzene rings is 1. The lowest BCUT2D eigenvalue weighted by Gasteiger charge is -2.13. The van der Waals surface area contributed by atoms with E-state index in [2.05, 4.69) is 4.98 Å². The predicted octanol–water partition coefficient (Wildman–Crippen LogP) is 4.98. The maximum absolute atomic E-state index is 12.3. The second-order valence-electron chi connectivity index (χ2n) is 5.91. The zero-order valence-electron chi connectivity index (χ0n) is 15.2. The summed E-state index contributed by atoms with van der Waals surface area (Å²) in [6.45, 7) is 3.85. The molecule has 0 spiro atoms. The highest BCUT2D eigenvalue weighted by molar-refractivity contribution is 6.30. The first-order valence-corrected chi connectivity index (χ1v) is 8.29. The van der Waals surface area contributed by atoms with Gasteiger partial charge in [0.1, 0.15) is 17.2 Å². The van der Waals surface area contributed by atoms with Crippen LogP contribution in [0.2, 0.25) is 5.02 Å². The summed E-state index contributed by atoms with van der Waals surface area (Å²) in [4.78, 5) is 16.2. The first-order valence-electron chi connectivity index (χ1n) is 7.91. The normalized spacial score (nSPS) is 10.4. The number of nitrogens with zero attached hydrogens (tertiary/aromatic N) is 1. The Morgan fingerprint density at radius 1 is 1.26 bits per heavy atom. The highest BCUT2D eigenvalue weighted by Crippen LogP contribution is 2.39. The first-order chi connectivity index (χ1) is 12.3. The number of ether oxygens (including phenoxy) is 1.